The molecular weight excluding hydrogens is 264 g/mol. The largest absolute Gasteiger partial charge is 0.378 e. The first-order chi connectivity index (χ1) is 10.1. The SMILES string of the molecule is CCCNC(C)(CCCCOC1CCCCCC1)C(N)=O. The predicted octanol–water partition coefficient (Wildman–Crippen LogP) is 3.14. The molecule has 0 heterocycles. The van der Waals surface area contributed by atoms with Gasteiger partial charge in [0.2, 0.25) is 5.91 Å². The molecule has 0 spiro atoms. The number of rotatable bonds is 10. The van der Waals surface area contributed by atoms with Crippen LogP contribution in [-0.2, 0) is 9.53 Å². The van der Waals surface area contributed by atoms with Crippen molar-refractivity contribution in [2.24, 2.45) is 5.73 Å². The van der Waals surface area contributed by atoms with Crippen molar-refractivity contribution in [1.29, 1.82) is 0 Å². The topological polar surface area (TPSA) is 64.3 Å². The molecule has 1 aliphatic rings. The Balaban J connectivity index is 2.17. The molecule has 1 fully saturated rings. The molecule has 4 heteroatoms. The van der Waals surface area contributed by atoms with Gasteiger partial charge in [-0.25, -0.2) is 0 Å². The summed E-state index contributed by atoms with van der Waals surface area (Å²) < 4.78 is 5.98. The van der Waals surface area contributed by atoms with E-state index in [4.69, 9.17) is 10.5 Å². The van der Waals surface area contributed by atoms with Crippen molar-refractivity contribution in [3.8, 4) is 0 Å². The maximum Gasteiger partial charge on any atom is 0.237 e. The molecule has 3 N–H and O–H groups in total. The number of primary amides is 1. The molecule has 1 amide bonds. The van der Waals surface area contributed by atoms with Crippen LogP contribution >= 0.6 is 0 Å². The second-order valence-electron chi connectivity index (χ2n) is 6.56. The normalized spacial score (nSPS) is 19.9. The zero-order valence-corrected chi connectivity index (χ0v) is 14.0. The molecule has 0 aromatic rings. The van der Waals surface area contributed by atoms with Crippen LogP contribution < -0.4 is 11.1 Å². The number of ether oxygens (including phenoxy) is 1. The van der Waals surface area contributed by atoms with Gasteiger partial charge >= 0.3 is 0 Å². The zero-order valence-electron chi connectivity index (χ0n) is 14.0. The molecule has 1 atom stereocenters. The maximum atomic E-state index is 11.6. The second kappa shape index (κ2) is 10.2. The number of carbonyl (C=O) groups is 1. The lowest BCUT2D eigenvalue weighted by molar-refractivity contribution is -0.124. The Morgan fingerprint density at radius 2 is 1.90 bits per heavy atom. The van der Waals surface area contributed by atoms with E-state index >= 15 is 0 Å². The summed E-state index contributed by atoms with van der Waals surface area (Å²) in [6.07, 6.45) is 12.0. The first-order valence-electron chi connectivity index (χ1n) is 8.75. The summed E-state index contributed by atoms with van der Waals surface area (Å²) in [6.45, 7) is 5.65. The molecule has 0 aromatic heterocycles. The van der Waals surface area contributed by atoms with Gasteiger partial charge in [0.1, 0.15) is 0 Å². The van der Waals surface area contributed by atoms with Crippen LogP contribution in [0.5, 0.6) is 0 Å². The quantitative estimate of drug-likeness (QED) is 0.481. The van der Waals surface area contributed by atoms with E-state index in [-0.39, 0.29) is 5.91 Å². The highest BCUT2D eigenvalue weighted by Gasteiger charge is 2.29. The third-order valence-corrected chi connectivity index (χ3v) is 4.54. The van der Waals surface area contributed by atoms with Crippen LogP contribution in [0.4, 0.5) is 0 Å². The van der Waals surface area contributed by atoms with E-state index in [1.54, 1.807) is 0 Å². The fraction of sp³-hybridized carbons (Fsp3) is 0.941. The molecule has 0 bridgehead atoms. The Morgan fingerprint density at radius 1 is 1.24 bits per heavy atom. The summed E-state index contributed by atoms with van der Waals surface area (Å²) in [4.78, 5) is 11.6. The van der Waals surface area contributed by atoms with Crippen molar-refractivity contribution in [3.05, 3.63) is 0 Å². The zero-order chi connectivity index (χ0) is 15.6. The summed E-state index contributed by atoms with van der Waals surface area (Å²) in [7, 11) is 0. The van der Waals surface area contributed by atoms with Gasteiger partial charge in [-0.05, 0) is 52.0 Å². The van der Waals surface area contributed by atoms with E-state index in [2.05, 4.69) is 12.2 Å². The standard InChI is InChI=1S/C17H34N2O2/c1-3-13-19-17(2,16(18)20)12-8-9-14-21-15-10-6-4-5-7-11-15/h15,19H,3-14H2,1-2H3,(H2,18,20). The van der Waals surface area contributed by atoms with Gasteiger partial charge in [-0.1, -0.05) is 32.6 Å². The van der Waals surface area contributed by atoms with E-state index in [9.17, 15) is 4.79 Å². The Labute approximate surface area is 130 Å². The summed E-state index contributed by atoms with van der Waals surface area (Å²) in [5.74, 6) is -0.249. The highest BCUT2D eigenvalue weighted by molar-refractivity contribution is 5.84. The highest BCUT2D eigenvalue weighted by atomic mass is 16.5. The van der Waals surface area contributed by atoms with Crippen molar-refractivity contribution < 1.29 is 9.53 Å². The van der Waals surface area contributed by atoms with Gasteiger partial charge in [-0.3, -0.25) is 4.79 Å². The van der Waals surface area contributed by atoms with Crippen LogP contribution in [0.1, 0.15) is 78.1 Å². The van der Waals surface area contributed by atoms with E-state index in [1.165, 1.54) is 38.5 Å². The molecule has 1 saturated carbocycles. The monoisotopic (exact) mass is 298 g/mol. The Hall–Kier alpha value is -0.610. The third kappa shape index (κ3) is 7.28. The van der Waals surface area contributed by atoms with Crippen molar-refractivity contribution in [3.63, 3.8) is 0 Å². The fourth-order valence-corrected chi connectivity index (χ4v) is 2.94. The lowest BCUT2D eigenvalue weighted by Gasteiger charge is -2.27. The van der Waals surface area contributed by atoms with Crippen LogP contribution in [0.2, 0.25) is 0 Å². The Kier molecular flexibility index (Phi) is 8.93. The van der Waals surface area contributed by atoms with Crippen LogP contribution in [0.3, 0.4) is 0 Å². The molecule has 0 saturated heterocycles. The van der Waals surface area contributed by atoms with Gasteiger partial charge in [0.05, 0.1) is 11.6 Å². The average Bonchev–Trinajstić information content (AvgIpc) is 2.73. The van der Waals surface area contributed by atoms with Crippen molar-refractivity contribution >= 4 is 5.91 Å². The van der Waals surface area contributed by atoms with Crippen molar-refractivity contribution in [2.75, 3.05) is 13.2 Å². The average molecular weight is 298 g/mol. The molecule has 4 nitrogen and oxygen atoms in total. The summed E-state index contributed by atoms with van der Waals surface area (Å²) in [6, 6.07) is 0. The molecule has 1 unspecified atom stereocenters. The number of hydrogen-bond acceptors (Lipinski definition) is 3. The van der Waals surface area contributed by atoms with Crippen LogP contribution in [0, 0.1) is 0 Å². The lowest BCUT2D eigenvalue weighted by atomic mass is 9.94. The molecule has 0 aromatic carbocycles. The van der Waals surface area contributed by atoms with Gasteiger partial charge in [0.15, 0.2) is 0 Å². The van der Waals surface area contributed by atoms with Gasteiger partial charge in [0, 0.05) is 6.61 Å². The van der Waals surface area contributed by atoms with Crippen LogP contribution in [0.25, 0.3) is 0 Å². The first kappa shape index (κ1) is 18.4. The smallest absolute Gasteiger partial charge is 0.237 e. The lowest BCUT2D eigenvalue weighted by Crippen LogP contribution is -2.53. The molecule has 21 heavy (non-hydrogen) atoms. The number of nitrogens with one attached hydrogen (secondary N) is 1. The summed E-state index contributed by atoms with van der Waals surface area (Å²) in [5.41, 5.74) is 4.96. The van der Waals surface area contributed by atoms with Crippen molar-refractivity contribution in [1.82, 2.24) is 5.32 Å². The minimum Gasteiger partial charge on any atom is -0.378 e. The minimum atomic E-state index is -0.571. The number of hydrogen-bond donors (Lipinski definition) is 2. The molecule has 0 aliphatic heterocycles. The van der Waals surface area contributed by atoms with E-state index in [1.807, 2.05) is 6.92 Å². The number of unbranched alkanes of at least 4 members (excludes halogenated alkanes) is 1. The molecule has 1 rings (SSSR count). The number of amides is 1. The second-order valence-corrected chi connectivity index (χ2v) is 6.56. The maximum absolute atomic E-state index is 11.6. The van der Waals surface area contributed by atoms with E-state index in [0.717, 1.165) is 38.8 Å². The van der Waals surface area contributed by atoms with Crippen LogP contribution in [-0.4, -0.2) is 30.7 Å². The number of carbonyl (C=O) groups excluding carboxylic acids is 1. The third-order valence-electron chi connectivity index (χ3n) is 4.54. The number of nitrogens with two attached hydrogens (primary N) is 1. The van der Waals surface area contributed by atoms with Gasteiger partial charge in [0.25, 0.3) is 0 Å². The van der Waals surface area contributed by atoms with Crippen molar-refractivity contribution in [2.45, 2.75) is 89.7 Å². The summed E-state index contributed by atoms with van der Waals surface area (Å²) in [5, 5.41) is 3.28. The highest BCUT2D eigenvalue weighted by Crippen LogP contribution is 2.20. The Bertz CT molecular complexity index is 289. The molecular formula is C17H34N2O2. The first-order valence-corrected chi connectivity index (χ1v) is 8.75. The molecule has 0 radical (unpaired) electrons. The minimum absolute atomic E-state index is 0.249. The van der Waals surface area contributed by atoms with E-state index in [0.29, 0.717) is 6.10 Å². The molecule has 124 valence electrons. The van der Waals surface area contributed by atoms with Gasteiger partial charge in [-0.15, -0.1) is 0 Å². The Morgan fingerprint density at radius 3 is 2.48 bits per heavy atom. The summed E-state index contributed by atoms with van der Waals surface area (Å²) >= 11 is 0. The molecule has 1 aliphatic carbocycles. The predicted molar refractivity (Wildman–Crippen MR) is 87.2 cm³/mol. The van der Waals surface area contributed by atoms with Crippen LogP contribution in [0.15, 0.2) is 0 Å². The van der Waals surface area contributed by atoms with E-state index < -0.39 is 5.54 Å². The van der Waals surface area contributed by atoms with Gasteiger partial charge < -0.3 is 15.8 Å². The van der Waals surface area contributed by atoms with Gasteiger partial charge in [-0.2, -0.15) is 0 Å². The fourth-order valence-electron chi connectivity index (χ4n) is 2.94.